The van der Waals surface area contributed by atoms with E-state index < -0.39 is 0 Å². The van der Waals surface area contributed by atoms with E-state index in [9.17, 15) is 0 Å². The second kappa shape index (κ2) is 6.35. The Bertz CT molecular complexity index is 434. The van der Waals surface area contributed by atoms with Gasteiger partial charge in [-0.15, -0.1) is 0 Å². The highest BCUT2D eigenvalue weighted by molar-refractivity contribution is 5.41. The summed E-state index contributed by atoms with van der Waals surface area (Å²) in [5.74, 6) is 0.980. The molecule has 0 radical (unpaired) electrons. The molecule has 0 amide bonds. The number of nitrogens with zero attached hydrogens (tertiary/aromatic N) is 2. The second-order valence-electron chi connectivity index (χ2n) is 5.28. The van der Waals surface area contributed by atoms with Gasteiger partial charge < -0.3 is 10.1 Å². The van der Waals surface area contributed by atoms with Crippen molar-refractivity contribution in [3.05, 3.63) is 23.0 Å². The number of aryl methyl sites for hydroxylation is 1. The van der Waals surface area contributed by atoms with Crippen LogP contribution in [0.2, 0.25) is 0 Å². The van der Waals surface area contributed by atoms with Crippen LogP contribution < -0.4 is 10.1 Å². The summed E-state index contributed by atoms with van der Waals surface area (Å²) in [4.78, 5) is 7.14. The number of nitrogens with one attached hydrogen (secondary N) is 1. The van der Waals surface area contributed by atoms with Crippen molar-refractivity contribution < 1.29 is 4.74 Å². The fraction of sp³-hybridized carbons (Fsp3) is 0.667. The smallest absolute Gasteiger partial charge is 0.128 e. The van der Waals surface area contributed by atoms with Crippen LogP contribution in [0, 0.1) is 13.8 Å². The maximum absolute atomic E-state index is 5.49. The number of ether oxygens (including phenoxy) is 1. The standard InChI is InChI=1S/C15H25N3O/c1-5-13-9-16-6-7-18(13)10-14-12(3)15(19-4)11(2)8-17-14/h8,13,16H,5-7,9-10H2,1-4H3. The Morgan fingerprint density at radius 3 is 2.95 bits per heavy atom. The zero-order valence-electron chi connectivity index (χ0n) is 12.5. The van der Waals surface area contributed by atoms with E-state index in [0.717, 1.165) is 43.2 Å². The molecule has 2 rings (SSSR count). The van der Waals surface area contributed by atoms with Crippen molar-refractivity contribution in [2.24, 2.45) is 0 Å². The second-order valence-corrected chi connectivity index (χ2v) is 5.28. The van der Waals surface area contributed by atoms with Crippen LogP contribution in [0.1, 0.15) is 30.2 Å². The first-order valence-electron chi connectivity index (χ1n) is 7.11. The quantitative estimate of drug-likeness (QED) is 0.900. The van der Waals surface area contributed by atoms with Crippen molar-refractivity contribution in [2.45, 2.75) is 39.8 Å². The lowest BCUT2D eigenvalue weighted by molar-refractivity contribution is 0.147. The highest BCUT2D eigenvalue weighted by atomic mass is 16.5. The van der Waals surface area contributed by atoms with Crippen molar-refractivity contribution >= 4 is 0 Å². The van der Waals surface area contributed by atoms with Crippen LogP contribution in [-0.4, -0.2) is 42.7 Å². The average Bonchev–Trinajstić information content (AvgIpc) is 2.43. The summed E-state index contributed by atoms with van der Waals surface area (Å²) < 4.78 is 5.49. The van der Waals surface area contributed by atoms with Gasteiger partial charge in [-0.25, -0.2) is 0 Å². The van der Waals surface area contributed by atoms with Gasteiger partial charge in [0.15, 0.2) is 0 Å². The fourth-order valence-corrected chi connectivity index (χ4v) is 2.84. The van der Waals surface area contributed by atoms with Crippen LogP contribution in [0.3, 0.4) is 0 Å². The number of pyridine rings is 1. The van der Waals surface area contributed by atoms with E-state index in [4.69, 9.17) is 4.74 Å². The summed E-state index contributed by atoms with van der Waals surface area (Å²) in [6.07, 6.45) is 3.10. The average molecular weight is 263 g/mol. The molecule has 0 bridgehead atoms. The van der Waals surface area contributed by atoms with Gasteiger partial charge in [0.25, 0.3) is 0 Å². The summed E-state index contributed by atoms with van der Waals surface area (Å²) >= 11 is 0. The number of hydrogen-bond acceptors (Lipinski definition) is 4. The molecule has 1 N–H and O–H groups in total. The minimum atomic E-state index is 0.613. The molecule has 4 heteroatoms. The maximum Gasteiger partial charge on any atom is 0.128 e. The highest BCUT2D eigenvalue weighted by Crippen LogP contribution is 2.25. The van der Waals surface area contributed by atoms with Crippen molar-refractivity contribution in [2.75, 3.05) is 26.7 Å². The van der Waals surface area contributed by atoms with Crippen LogP contribution in [0.4, 0.5) is 0 Å². The monoisotopic (exact) mass is 263 g/mol. The number of rotatable bonds is 4. The molecule has 1 aromatic rings. The Labute approximate surface area is 116 Å². The normalized spacial score (nSPS) is 20.5. The van der Waals surface area contributed by atoms with E-state index in [1.165, 1.54) is 12.0 Å². The van der Waals surface area contributed by atoms with E-state index in [0.29, 0.717) is 6.04 Å². The topological polar surface area (TPSA) is 37.4 Å². The molecule has 1 saturated heterocycles. The van der Waals surface area contributed by atoms with Crippen LogP contribution in [0.5, 0.6) is 5.75 Å². The predicted molar refractivity (Wildman–Crippen MR) is 77.6 cm³/mol. The number of piperazine rings is 1. The zero-order valence-corrected chi connectivity index (χ0v) is 12.5. The summed E-state index contributed by atoms with van der Waals surface area (Å²) in [6, 6.07) is 0.613. The molecule has 106 valence electrons. The Balaban J connectivity index is 2.18. The van der Waals surface area contributed by atoms with Crippen molar-refractivity contribution in [1.29, 1.82) is 0 Å². The molecule has 0 saturated carbocycles. The van der Waals surface area contributed by atoms with Gasteiger partial charge in [-0.2, -0.15) is 0 Å². The van der Waals surface area contributed by atoms with Gasteiger partial charge in [0.05, 0.1) is 12.8 Å². The molecule has 1 atom stereocenters. The molecule has 19 heavy (non-hydrogen) atoms. The minimum Gasteiger partial charge on any atom is -0.496 e. The molecule has 1 unspecified atom stereocenters. The summed E-state index contributed by atoms with van der Waals surface area (Å²) in [5, 5.41) is 3.46. The van der Waals surface area contributed by atoms with E-state index in [2.05, 4.69) is 29.0 Å². The number of aromatic nitrogens is 1. The number of hydrogen-bond donors (Lipinski definition) is 1. The summed E-state index contributed by atoms with van der Waals surface area (Å²) in [6.45, 7) is 10.6. The van der Waals surface area contributed by atoms with Crippen molar-refractivity contribution in [1.82, 2.24) is 15.2 Å². The highest BCUT2D eigenvalue weighted by Gasteiger charge is 2.22. The Hall–Kier alpha value is -1.13. The predicted octanol–water partition coefficient (Wildman–Crippen LogP) is 1.89. The lowest BCUT2D eigenvalue weighted by Crippen LogP contribution is -2.50. The Morgan fingerprint density at radius 2 is 2.26 bits per heavy atom. The number of methoxy groups -OCH3 is 1. The van der Waals surface area contributed by atoms with Gasteiger partial charge in [-0.3, -0.25) is 9.88 Å². The fourth-order valence-electron chi connectivity index (χ4n) is 2.84. The van der Waals surface area contributed by atoms with Crippen LogP contribution >= 0.6 is 0 Å². The first-order chi connectivity index (χ1) is 9.17. The van der Waals surface area contributed by atoms with Crippen molar-refractivity contribution in [3.8, 4) is 5.75 Å². The molecule has 1 aromatic heterocycles. The third-order valence-electron chi connectivity index (χ3n) is 4.05. The maximum atomic E-state index is 5.49. The zero-order chi connectivity index (χ0) is 13.8. The molecule has 0 aromatic carbocycles. The Morgan fingerprint density at radius 1 is 1.47 bits per heavy atom. The van der Waals surface area contributed by atoms with E-state index >= 15 is 0 Å². The molecule has 4 nitrogen and oxygen atoms in total. The largest absolute Gasteiger partial charge is 0.496 e. The Kier molecular flexibility index (Phi) is 4.77. The summed E-state index contributed by atoms with van der Waals surface area (Å²) in [5.41, 5.74) is 3.43. The van der Waals surface area contributed by atoms with E-state index in [1.807, 2.05) is 13.1 Å². The van der Waals surface area contributed by atoms with Gasteiger partial charge in [-0.1, -0.05) is 6.92 Å². The van der Waals surface area contributed by atoms with Crippen molar-refractivity contribution in [3.63, 3.8) is 0 Å². The molecule has 0 spiro atoms. The third kappa shape index (κ3) is 3.07. The van der Waals surface area contributed by atoms with Gasteiger partial charge in [0.2, 0.25) is 0 Å². The summed E-state index contributed by atoms with van der Waals surface area (Å²) in [7, 11) is 1.73. The third-order valence-corrected chi connectivity index (χ3v) is 4.05. The van der Waals surface area contributed by atoms with Gasteiger partial charge in [-0.05, 0) is 20.3 Å². The van der Waals surface area contributed by atoms with E-state index in [-0.39, 0.29) is 0 Å². The SMILES string of the molecule is CCC1CNCCN1Cc1ncc(C)c(OC)c1C. The molecule has 1 fully saturated rings. The van der Waals surface area contributed by atoms with Crippen LogP contribution in [0.15, 0.2) is 6.20 Å². The van der Waals surface area contributed by atoms with Gasteiger partial charge in [0.1, 0.15) is 5.75 Å². The molecule has 0 aliphatic carbocycles. The molecule has 1 aliphatic rings. The van der Waals surface area contributed by atoms with E-state index in [1.54, 1.807) is 7.11 Å². The molecular formula is C15H25N3O. The minimum absolute atomic E-state index is 0.613. The van der Waals surface area contributed by atoms with Crippen LogP contribution in [0.25, 0.3) is 0 Å². The van der Waals surface area contributed by atoms with Gasteiger partial charge >= 0.3 is 0 Å². The first-order valence-corrected chi connectivity index (χ1v) is 7.11. The first kappa shape index (κ1) is 14.3. The lowest BCUT2D eigenvalue weighted by Gasteiger charge is -2.35. The lowest BCUT2D eigenvalue weighted by atomic mass is 10.1. The molecule has 2 heterocycles. The molecular weight excluding hydrogens is 238 g/mol. The van der Waals surface area contributed by atoms with Gasteiger partial charge in [0, 0.05) is 49.5 Å². The van der Waals surface area contributed by atoms with Crippen LogP contribution in [-0.2, 0) is 6.54 Å². The molecule has 1 aliphatic heterocycles.